The number of benzene rings is 1. The first-order valence-electron chi connectivity index (χ1n) is 11.3. The summed E-state index contributed by atoms with van der Waals surface area (Å²) in [5.74, 6) is 0.406. The zero-order chi connectivity index (χ0) is 25.2. The van der Waals surface area contributed by atoms with Crippen LogP contribution in [-0.4, -0.2) is 28.9 Å². The van der Waals surface area contributed by atoms with Gasteiger partial charge < -0.3 is 4.98 Å². The Morgan fingerprint density at radius 1 is 1.09 bits per heavy atom. The lowest BCUT2D eigenvalue weighted by atomic mass is 10.1. The lowest BCUT2D eigenvalue weighted by molar-refractivity contribution is -0.137. The van der Waals surface area contributed by atoms with Crippen LogP contribution in [0.1, 0.15) is 37.8 Å². The standard InChI is InChI=1S/C24H25F3N6O2/c1-3-10-32-21-19(22(34)33(11-4-2)23(32)35)29-20(30-21)17-14-28-31(15-17)12-6-8-16-7-5-9-18(13-16)24(25,26)27/h5-9,13-15H,3-4,10-12H2,1-2H3,(H,29,30)/b8-6-. The van der Waals surface area contributed by atoms with Gasteiger partial charge in [-0.3, -0.25) is 18.6 Å². The second-order valence-electron chi connectivity index (χ2n) is 8.15. The number of H-pyrrole nitrogens is 1. The van der Waals surface area contributed by atoms with Crippen molar-refractivity contribution in [2.75, 3.05) is 0 Å². The fraction of sp³-hybridized carbons (Fsp3) is 0.333. The normalized spacial score (nSPS) is 12.3. The minimum atomic E-state index is -4.39. The van der Waals surface area contributed by atoms with Crippen LogP contribution in [0, 0.1) is 0 Å². The third kappa shape index (κ3) is 4.98. The molecule has 0 atom stereocenters. The molecule has 0 saturated heterocycles. The first kappa shape index (κ1) is 24.2. The molecule has 3 aromatic heterocycles. The van der Waals surface area contributed by atoms with Crippen LogP contribution in [-0.2, 0) is 25.8 Å². The summed E-state index contributed by atoms with van der Waals surface area (Å²) in [6.07, 6.45) is 3.54. The van der Waals surface area contributed by atoms with Gasteiger partial charge in [-0.15, -0.1) is 0 Å². The van der Waals surface area contributed by atoms with Gasteiger partial charge in [-0.05, 0) is 30.5 Å². The van der Waals surface area contributed by atoms with Gasteiger partial charge in [0.25, 0.3) is 5.56 Å². The Labute approximate surface area is 198 Å². The number of aromatic amines is 1. The number of hydrogen-bond donors (Lipinski definition) is 1. The smallest absolute Gasteiger partial charge is 0.332 e. The predicted molar refractivity (Wildman–Crippen MR) is 127 cm³/mol. The molecule has 0 bridgehead atoms. The lowest BCUT2D eigenvalue weighted by Gasteiger charge is -2.09. The van der Waals surface area contributed by atoms with Gasteiger partial charge in [0, 0.05) is 19.3 Å². The summed E-state index contributed by atoms with van der Waals surface area (Å²) < 4.78 is 43.0. The SMILES string of the molecule is CCCn1c(=O)c2[nH]c(-c3cnn(C/C=C\c4cccc(C(F)(F)F)c4)c3)nc2n(CCC)c1=O. The van der Waals surface area contributed by atoms with Crippen LogP contribution < -0.4 is 11.2 Å². The maximum absolute atomic E-state index is 12.9. The molecule has 0 aliphatic carbocycles. The van der Waals surface area contributed by atoms with E-state index in [0.29, 0.717) is 55.1 Å². The zero-order valence-corrected chi connectivity index (χ0v) is 19.3. The third-order valence-corrected chi connectivity index (χ3v) is 5.48. The number of alkyl halides is 3. The van der Waals surface area contributed by atoms with Gasteiger partial charge in [0.05, 0.1) is 23.9 Å². The minimum Gasteiger partial charge on any atom is -0.332 e. The molecule has 0 fully saturated rings. The summed E-state index contributed by atoms with van der Waals surface area (Å²) in [6, 6.07) is 5.07. The van der Waals surface area contributed by atoms with E-state index in [1.807, 2.05) is 13.8 Å². The Morgan fingerprint density at radius 3 is 2.54 bits per heavy atom. The maximum atomic E-state index is 12.9. The average molecular weight is 486 g/mol. The minimum absolute atomic E-state index is 0.263. The highest BCUT2D eigenvalue weighted by Crippen LogP contribution is 2.29. The van der Waals surface area contributed by atoms with Crippen molar-refractivity contribution >= 4 is 17.2 Å². The van der Waals surface area contributed by atoms with Crippen molar-refractivity contribution in [2.45, 2.75) is 52.5 Å². The van der Waals surface area contributed by atoms with E-state index >= 15 is 0 Å². The highest BCUT2D eigenvalue weighted by atomic mass is 19.4. The van der Waals surface area contributed by atoms with E-state index in [-0.39, 0.29) is 11.2 Å². The second-order valence-corrected chi connectivity index (χ2v) is 8.15. The van der Waals surface area contributed by atoms with Crippen molar-refractivity contribution < 1.29 is 13.2 Å². The molecular weight excluding hydrogens is 461 g/mol. The number of aryl methyl sites for hydroxylation is 1. The maximum Gasteiger partial charge on any atom is 0.416 e. The Hall–Kier alpha value is -3.89. The van der Waals surface area contributed by atoms with Crippen molar-refractivity contribution in [3.05, 3.63) is 74.7 Å². The van der Waals surface area contributed by atoms with E-state index in [2.05, 4.69) is 15.1 Å². The quantitative estimate of drug-likeness (QED) is 0.402. The monoisotopic (exact) mass is 486 g/mol. The first-order valence-corrected chi connectivity index (χ1v) is 11.3. The van der Waals surface area contributed by atoms with Gasteiger partial charge in [0.15, 0.2) is 5.65 Å². The van der Waals surface area contributed by atoms with Gasteiger partial charge in [-0.2, -0.15) is 18.3 Å². The van der Waals surface area contributed by atoms with E-state index in [4.69, 9.17) is 0 Å². The molecule has 4 rings (SSSR count). The Bertz CT molecular complexity index is 1490. The number of hydrogen-bond acceptors (Lipinski definition) is 4. The van der Waals surface area contributed by atoms with Crippen LogP contribution in [0.25, 0.3) is 28.6 Å². The number of allylic oxidation sites excluding steroid dienone is 1. The van der Waals surface area contributed by atoms with Crippen molar-refractivity contribution in [3.8, 4) is 11.4 Å². The van der Waals surface area contributed by atoms with E-state index in [9.17, 15) is 22.8 Å². The fourth-order valence-electron chi connectivity index (χ4n) is 3.85. The van der Waals surface area contributed by atoms with Crippen molar-refractivity contribution in [3.63, 3.8) is 0 Å². The van der Waals surface area contributed by atoms with E-state index < -0.39 is 17.3 Å². The molecule has 35 heavy (non-hydrogen) atoms. The number of halogens is 3. The topological polar surface area (TPSA) is 90.5 Å². The van der Waals surface area contributed by atoms with Crippen LogP contribution in [0.3, 0.4) is 0 Å². The van der Waals surface area contributed by atoms with Crippen LogP contribution in [0.4, 0.5) is 13.2 Å². The van der Waals surface area contributed by atoms with Gasteiger partial charge in [0.1, 0.15) is 11.3 Å². The molecule has 3 heterocycles. The lowest BCUT2D eigenvalue weighted by Crippen LogP contribution is -2.40. The first-order chi connectivity index (χ1) is 16.7. The van der Waals surface area contributed by atoms with Gasteiger partial charge in [-0.1, -0.05) is 38.1 Å². The molecule has 4 aromatic rings. The van der Waals surface area contributed by atoms with Gasteiger partial charge in [-0.25, -0.2) is 9.78 Å². The zero-order valence-electron chi connectivity index (χ0n) is 19.3. The highest BCUT2D eigenvalue weighted by Gasteiger charge is 2.30. The number of nitrogens with zero attached hydrogens (tertiary/aromatic N) is 5. The van der Waals surface area contributed by atoms with Crippen molar-refractivity contribution in [2.24, 2.45) is 0 Å². The second kappa shape index (κ2) is 9.77. The molecule has 0 saturated carbocycles. The molecule has 1 N–H and O–H groups in total. The van der Waals surface area contributed by atoms with E-state index in [0.717, 1.165) is 12.1 Å². The average Bonchev–Trinajstić information content (AvgIpc) is 3.47. The fourth-order valence-corrected chi connectivity index (χ4v) is 3.85. The number of aromatic nitrogens is 6. The summed E-state index contributed by atoms with van der Waals surface area (Å²) in [5.41, 5.74) is 0.131. The Kier molecular flexibility index (Phi) is 6.77. The Morgan fingerprint density at radius 2 is 1.83 bits per heavy atom. The molecule has 0 radical (unpaired) electrons. The number of fused-ring (bicyclic) bond motifs is 1. The molecule has 8 nitrogen and oxygen atoms in total. The molecule has 0 aliphatic heterocycles. The molecule has 184 valence electrons. The summed E-state index contributed by atoms with van der Waals surface area (Å²) in [7, 11) is 0. The summed E-state index contributed by atoms with van der Waals surface area (Å²) in [4.78, 5) is 33.3. The van der Waals surface area contributed by atoms with Crippen LogP contribution in [0.2, 0.25) is 0 Å². The number of imidazole rings is 1. The summed E-state index contributed by atoms with van der Waals surface area (Å²) in [6.45, 7) is 4.91. The van der Waals surface area contributed by atoms with Crippen molar-refractivity contribution in [1.29, 1.82) is 0 Å². The molecule has 1 aromatic carbocycles. The van der Waals surface area contributed by atoms with Crippen molar-refractivity contribution in [1.82, 2.24) is 28.9 Å². The summed E-state index contributed by atoms with van der Waals surface area (Å²) >= 11 is 0. The highest BCUT2D eigenvalue weighted by molar-refractivity contribution is 5.75. The summed E-state index contributed by atoms with van der Waals surface area (Å²) in [5, 5.41) is 4.27. The van der Waals surface area contributed by atoms with E-state index in [1.165, 1.54) is 15.2 Å². The molecule has 0 spiro atoms. The molecule has 0 aliphatic rings. The number of rotatable bonds is 8. The molecule has 0 amide bonds. The Balaban J connectivity index is 1.60. The molecular formula is C24H25F3N6O2. The third-order valence-electron chi connectivity index (χ3n) is 5.48. The van der Waals surface area contributed by atoms with Gasteiger partial charge in [0.2, 0.25) is 0 Å². The largest absolute Gasteiger partial charge is 0.416 e. The molecule has 0 unspecified atom stereocenters. The van der Waals surface area contributed by atoms with Crippen LogP contribution >= 0.6 is 0 Å². The van der Waals surface area contributed by atoms with Crippen LogP contribution in [0.15, 0.2) is 52.3 Å². The van der Waals surface area contributed by atoms with Crippen LogP contribution in [0.5, 0.6) is 0 Å². The van der Waals surface area contributed by atoms with Gasteiger partial charge >= 0.3 is 11.9 Å². The predicted octanol–water partition coefficient (Wildman–Crippen LogP) is 4.30. The van der Waals surface area contributed by atoms with E-state index in [1.54, 1.807) is 35.3 Å². The number of nitrogens with one attached hydrogen (secondary N) is 1. The molecule has 11 heteroatoms.